The van der Waals surface area contributed by atoms with Gasteiger partial charge in [0, 0.05) is 4.90 Å². The van der Waals surface area contributed by atoms with E-state index in [4.69, 9.17) is 0 Å². The second kappa shape index (κ2) is 6.49. The monoisotopic (exact) mass is 353 g/mol. The Balaban J connectivity index is 2.05. The normalized spacial score (nSPS) is 20.8. The van der Waals surface area contributed by atoms with E-state index < -0.39 is 33.6 Å². The van der Waals surface area contributed by atoms with Gasteiger partial charge in [0.15, 0.2) is 9.84 Å². The zero-order valence-corrected chi connectivity index (χ0v) is 13.0. The van der Waals surface area contributed by atoms with Crippen molar-refractivity contribution in [2.75, 3.05) is 22.6 Å². The summed E-state index contributed by atoms with van der Waals surface area (Å²) in [6.45, 7) is 0. The number of thioether (sulfide) groups is 1. The van der Waals surface area contributed by atoms with Crippen molar-refractivity contribution in [3.8, 4) is 0 Å². The zero-order chi connectivity index (χ0) is 16.4. The van der Waals surface area contributed by atoms with Crippen LogP contribution in [0.25, 0.3) is 0 Å². The zero-order valence-electron chi connectivity index (χ0n) is 11.4. The summed E-state index contributed by atoms with van der Waals surface area (Å²) < 4.78 is 59.6. The number of anilines is 1. The Morgan fingerprint density at radius 1 is 1.32 bits per heavy atom. The Kier molecular flexibility index (Phi) is 5.06. The van der Waals surface area contributed by atoms with E-state index in [1.807, 2.05) is 0 Å². The molecule has 1 aromatic rings. The molecule has 4 nitrogen and oxygen atoms in total. The lowest BCUT2D eigenvalue weighted by Crippen LogP contribution is -2.24. The van der Waals surface area contributed by atoms with Crippen molar-refractivity contribution in [3.05, 3.63) is 24.3 Å². The van der Waals surface area contributed by atoms with Gasteiger partial charge in [0.1, 0.15) is 0 Å². The first-order valence-electron chi connectivity index (χ1n) is 6.46. The third kappa shape index (κ3) is 4.91. The highest BCUT2D eigenvalue weighted by Gasteiger charge is 2.33. The maximum absolute atomic E-state index is 12.3. The Bertz CT molecular complexity index is 659. The first-order chi connectivity index (χ1) is 10.2. The van der Waals surface area contributed by atoms with Gasteiger partial charge in [-0.05, 0) is 18.6 Å². The molecule has 0 spiro atoms. The molecule has 0 bridgehead atoms. The fraction of sp³-hybridized carbons (Fsp3) is 0.462. The van der Waals surface area contributed by atoms with Gasteiger partial charge >= 0.3 is 6.18 Å². The second-order valence-electron chi connectivity index (χ2n) is 4.99. The molecule has 1 amide bonds. The summed E-state index contributed by atoms with van der Waals surface area (Å²) in [6, 6.07) is 6.16. The Hall–Kier alpha value is -1.22. The lowest BCUT2D eigenvalue weighted by Gasteiger charge is -2.14. The van der Waals surface area contributed by atoms with E-state index in [2.05, 4.69) is 5.32 Å². The predicted molar refractivity (Wildman–Crippen MR) is 78.6 cm³/mol. The van der Waals surface area contributed by atoms with Crippen molar-refractivity contribution >= 4 is 33.2 Å². The molecule has 1 aliphatic heterocycles. The number of hydrogen-bond acceptors (Lipinski definition) is 4. The summed E-state index contributed by atoms with van der Waals surface area (Å²) >= 11 is 0.580. The third-order valence-corrected chi connectivity index (χ3v) is 6.05. The van der Waals surface area contributed by atoms with Gasteiger partial charge in [0.05, 0.1) is 28.9 Å². The first kappa shape index (κ1) is 17.1. The molecule has 1 atom stereocenters. The van der Waals surface area contributed by atoms with E-state index in [9.17, 15) is 26.4 Å². The molecule has 1 unspecified atom stereocenters. The van der Waals surface area contributed by atoms with Crippen LogP contribution >= 0.6 is 11.8 Å². The van der Waals surface area contributed by atoms with E-state index in [0.29, 0.717) is 16.7 Å². The molecule has 22 heavy (non-hydrogen) atoms. The maximum atomic E-state index is 12.3. The highest BCUT2D eigenvalue weighted by Crippen LogP contribution is 2.32. The van der Waals surface area contributed by atoms with Crippen LogP contribution in [0.5, 0.6) is 0 Å². The van der Waals surface area contributed by atoms with Crippen molar-refractivity contribution < 1.29 is 26.4 Å². The molecule has 1 aliphatic rings. The fourth-order valence-corrected chi connectivity index (χ4v) is 4.60. The van der Waals surface area contributed by atoms with E-state index >= 15 is 0 Å². The van der Waals surface area contributed by atoms with Gasteiger partial charge in [-0.3, -0.25) is 4.79 Å². The van der Waals surface area contributed by atoms with Crippen LogP contribution in [0.1, 0.15) is 6.42 Å². The molecule has 1 aromatic carbocycles. The predicted octanol–water partition coefficient (Wildman–Crippen LogP) is 2.71. The van der Waals surface area contributed by atoms with Gasteiger partial charge in [-0.2, -0.15) is 13.2 Å². The highest BCUT2D eigenvalue weighted by molar-refractivity contribution is 7.99. The molecular weight excluding hydrogens is 339 g/mol. The van der Waals surface area contributed by atoms with Crippen LogP contribution in [0.15, 0.2) is 29.2 Å². The van der Waals surface area contributed by atoms with E-state index in [1.54, 1.807) is 12.1 Å². The summed E-state index contributed by atoms with van der Waals surface area (Å²) in [5.41, 5.74) is 0.269. The highest BCUT2D eigenvalue weighted by atomic mass is 32.2. The topological polar surface area (TPSA) is 63.2 Å². The Morgan fingerprint density at radius 3 is 2.59 bits per heavy atom. The number of hydrogen-bond donors (Lipinski definition) is 1. The third-order valence-electron chi connectivity index (χ3n) is 3.14. The smallest absolute Gasteiger partial charge is 0.325 e. The largest absolute Gasteiger partial charge is 0.398 e. The van der Waals surface area contributed by atoms with Crippen molar-refractivity contribution in [3.63, 3.8) is 0 Å². The minimum atomic E-state index is -4.30. The van der Waals surface area contributed by atoms with Gasteiger partial charge < -0.3 is 5.32 Å². The standard InChI is InChI=1S/C13H14F3NO3S2/c14-13(15,16)8-21-11-4-2-1-3-10(11)17-12(18)9-5-6-22(19,20)7-9/h1-4,9H,5-8H2,(H,17,18). The van der Waals surface area contributed by atoms with Crippen molar-refractivity contribution in [1.29, 1.82) is 0 Å². The molecule has 0 aromatic heterocycles. The molecule has 0 aliphatic carbocycles. The lowest BCUT2D eigenvalue weighted by atomic mass is 10.1. The van der Waals surface area contributed by atoms with Crippen molar-refractivity contribution in [1.82, 2.24) is 0 Å². The van der Waals surface area contributed by atoms with Crippen LogP contribution in [0.2, 0.25) is 0 Å². The number of sulfone groups is 1. The van der Waals surface area contributed by atoms with E-state index in [1.165, 1.54) is 12.1 Å². The first-order valence-corrected chi connectivity index (χ1v) is 9.27. The molecule has 122 valence electrons. The van der Waals surface area contributed by atoms with Gasteiger partial charge in [-0.25, -0.2) is 8.42 Å². The number of para-hydroxylation sites is 1. The second-order valence-corrected chi connectivity index (χ2v) is 8.24. The molecule has 0 saturated carbocycles. The number of rotatable bonds is 4. The molecule has 0 radical (unpaired) electrons. The number of carbonyl (C=O) groups excluding carboxylic acids is 1. The average Bonchev–Trinajstić information content (AvgIpc) is 2.77. The quantitative estimate of drug-likeness (QED) is 0.846. The molecule has 2 rings (SSSR count). The summed E-state index contributed by atoms with van der Waals surface area (Å²) in [4.78, 5) is 12.3. The molecule has 9 heteroatoms. The van der Waals surface area contributed by atoms with Crippen LogP contribution in [-0.4, -0.2) is 37.8 Å². The van der Waals surface area contributed by atoms with E-state index in [-0.39, 0.29) is 23.6 Å². The Labute approximate surface area is 130 Å². The van der Waals surface area contributed by atoms with Gasteiger partial charge in [0.2, 0.25) is 5.91 Å². The van der Waals surface area contributed by atoms with Crippen LogP contribution < -0.4 is 5.32 Å². The molecule has 1 N–H and O–H groups in total. The average molecular weight is 353 g/mol. The molecular formula is C13H14F3NO3S2. The van der Waals surface area contributed by atoms with Crippen LogP contribution in [0, 0.1) is 5.92 Å². The summed E-state index contributed by atoms with van der Waals surface area (Å²) in [5, 5.41) is 2.53. The summed E-state index contributed by atoms with van der Waals surface area (Å²) in [6.07, 6.45) is -4.06. The molecule has 1 saturated heterocycles. The van der Waals surface area contributed by atoms with Crippen LogP contribution in [0.3, 0.4) is 0 Å². The van der Waals surface area contributed by atoms with Crippen molar-refractivity contribution in [2.24, 2.45) is 5.92 Å². The van der Waals surface area contributed by atoms with Gasteiger partial charge in [-0.1, -0.05) is 12.1 Å². The van der Waals surface area contributed by atoms with Gasteiger partial charge in [-0.15, -0.1) is 11.8 Å². The lowest BCUT2D eigenvalue weighted by molar-refractivity contribution is -0.119. The van der Waals surface area contributed by atoms with Crippen LogP contribution in [-0.2, 0) is 14.6 Å². The number of carbonyl (C=O) groups is 1. The summed E-state index contributed by atoms with van der Waals surface area (Å²) in [5.74, 6) is -2.42. The van der Waals surface area contributed by atoms with E-state index in [0.717, 1.165) is 0 Å². The fourth-order valence-electron chi connectivity index (χ4n) is 2.09. The Morgan fingerprint density at radius 2 is 2.00 bits per heavy atom. The minimum Gasteiger partial charge on any atom is -0.325 e. The maximum Gasteiger partial charge on any atom is 0.398 e. The number of benzene rings is 1. The van der Waals surface area contributed by atoms with Gasteiger partial charge in [0.25, 0.3) is 0 Å². The molecule has 1 heterocycles. The number of alkyl halides is 3. The number of nitrogens with one attached hydrogen (secondary N) is 1. The summed E-state index contributed by atoms with van der Waals surface area (Å²) in [7, 11) is -3.19. The van der Waals surface area contributed by atoms with Crippen LogP contribution in [0.4, 0.5) is 18.9 Å². The number of halogens is 3. The SMILES string of the molecule is O=C(Nc1ccccc1SCC(F)(F)F)C1CCS(=O)(=O)C1. The minimum absolute atomic E-state index is 0.0322. The van der Waals surface area contributed by atoms with Crippen molar-refractivity contribution in [2.45, 2.75) is 17.5 Å². The number of amides is 1. The molecule has 1 fully saturated rings.